The second-order valence-electron chi connectivity index (χ2n) is 4.48. The molecule has 18 heavy (non-hydrogen) atoms. The molecule has 2 atom stereocenters. The number of carboxylic acid groups (broad SMARTS) is 1. The molecule has 1 rings (SSSR count). The van der Waals surface area contributed by atoms with Gasteiger partial charge in [-0.25, -0.2) is 9.59 Å². The Balaban J connectivity index is 2.50. The zero-order chi connectivity index (χ0) is 13.5. The number of amides is 2. The van der Waals surface area contributed by atoms with E-state index in [-0.39, 0.29) is 6.03 Å². The SMILES string of the molecule is CCC[C@@H](NC(=O)N1CCSC(CC)C1)C(=O)O. The van der Waals surface area contributed by atoms with E-state index in [2.05, 4.69) is 12.2 Å². The van der Waals surface area contributed by atoms with Gasteiger partial charge in [0, 0.05) is 24.1 Å². The fourth-order valence-corrected chi connectivity index (χ4v) is 3.12. The molecular weight excluding hydrogens is 252 g/mol. The van der Waals surface area contributed by atoms with Crippen LogP contribution in [0.2, 0.25) is 0 Å². The van der Waals surface area contributed by atoms with Crippen molar-refractivity contribution in [2.24, 2.45) is 0 Å². The van der Waals surface area contributed by atoms with Gasteiger partial charge in [-0.2, -0.15) is 11.8 Å². The Bertz CT molecular complexity index is 299. The van der Waals surface area contributed by atoms with Crippen molar-refractivity contribution in [2.75, 3.05) is 18.8 Å². The van der Waals surface area contributed by atoms with Gasteiger partial charge in [0.2, 0.25) is 0 Å². The molecule has 1 unspecified atom stereocenters. The van der Waals surface area contributed by atoms with Crippen LogP contribution in [0.4, 0.5) is 4.79 Å². The molecule has 0 aromatic heterocycles. The Kier molecular flexibility index (Phi) is 6.32. The molecule has 1 heterocycles. The zero-order valence-corrected chi connectivity index (χ0v) is 11.8. The second-order valence-corrected chi connectivity index (χ2v) is 5.88. The Labute approximate surface area is 112 Å². The normalized spacial score (nSPS) is 21.4. The topological polar surface area (TPSA) is 69.6 Å². The number of nitrogens with one attached hydrogen (secondary N) is 1. The summed E-state index contributed by atoms with van der Waals surface area (Å²) in [5, 5.41) is 12.1. The first-order chi connectivity index (χ1) is 8.58. The maximum Gasteiger partial charge on any atom is 0.326 e. The highest BCUT2D eigenvalue weighted by molar-refractivity contribution is 8.00. The van der Waals surface area contributed by atoms with E-state index in [0.29, 0.717) is 24.8 Å². The molecule has 0 aromatic rings. The minimum absolute atomic E-state index is 0.241. The summed E-state index contributed by atoms with van der Waals surface area (Å²) < 4.78 is 0. The Morgan fingerprint density at radius 2 is 2.22 bits per heavy atom. The molecule has 104 valence electrons. The fraction of sp³-hybridized carbons (Fsp3) is 0.833. The van der Waals surface area contributed by atoms with Crippen LogP contribution < -0.4 is 5.32 Å². The summed E-state index contributed by atoms with van der Waals surface area (Å²) in [7, 11) is 0. The molecule has 0 aliphatic carbocycles. The molecule has 2 N–H and O–H groups in total. The summed E-state index contributed by atoms with van der Waals surface area (Å²) in [6.07, 6.45) is 2.25. The van der Waals surface area contributed by atoms with Gasteiger partial charge >= 0.3 is 12.0 Å². The van der Waals surface area contributed by atoms with Crippen molar-refractivity contribution in [3.05, 3.63) is 0 Å². The zero-order valence-electron chi connectivity index (χ0n) is 11.0. The highest BCUT2D eigenvalue weighted by Gasteiger charge is 2.26. The van der Waals surface area contributed by atoms with Crippen LogP contribution in [0.15, 0.2) is 0 Å². The van der Waals surface area contributed by atoms with Gasteiger partial charge in [-0.1, -0.05) is 20.3 Å². The summed E-state index contributed by atoms with van der Waals surface area (Å²) in [6.45, 7) is 5.43. The predicted octanol–water partition coefficient (Wildman–Crippen LogP) is 1.78. The lowest BCUT2D eigenvalue weighted by atomic mass is 10.2. The Morgan fingerprint density at radius 3 is 2.78 bits per heavy atom. The van der Waals surface area contributed by atoms with E-state index in [4.69, 9.17) is 5.11 Å². The number of carbonyl (C=O) groups is 2. The average Bonchev–Trinajstić information content (AvgIpc) is 2.38. The summed E-state index contributed by atoms with van der Waals surface area (Å²) in [5.41, 5.74) is 0. The van der Waals surface area contributed by atoms with Gasteiger partial charge in [0.05, 0.1) is 0 Å². The smallest absolute Gasteiger partial charge is 0.326 e. The first kappa shape index (κ1) is 15.1. The molecule has 0 saturated carbocycles. The van der Waals surface area contributed by atoms with Crippen LogP contribution in [-0.2, 0) is 4.79 Å². The van der Waals surface area contributed by atoms with Crippen molar-refractivity contribution < 1.29 is 14.7 Å². The van der Waals surface area contributed by atoms with E-state index >= 15 is 0 Å². The van der Waals surface area contributed by atoms with Crippen LogP contribution >= 0.6 is 11.8 Å². The van der Waals surface area contributed by atoms with E-state index in [1.807, 2.05) is 18.7 Å². The molecule has 0 aromatic carbocycles. The molecule has 1 saturated heterocycles. The molecule has 1 aliphatic heterocycles. The summed E-state index contributed by atoms with van der Waals surface area (Å²) in [5.74, 6) is -0.0270. The van der Waals surface area contributed by atoms with E-state index in [1.54, 1.807) is 4.90 Å². The predicted molar refractivity (Wildman–Crippen MR) is 73.0 cm³/mol. The Morgan fingerprint density at radius 1 is 1.50 bits per heavy atom. The third kappa shape index (κ3) is 4.40. The van der Waals surface area contributed by atoms with Crippen LogP contribution in [0.25, 0.3) is 0 Å². The van der Waals surface area contributed by atoms with E-state index in [1.165, 1.54) is 0 Å². The third-order valence-electron chi connectivity index (χ3n) is 3.05. The summed E-state index contributed by atoms with van der Waals surface area (Å²) in [4.78, 5) is 24.7. The number of carboxylic acids is 1. The quantitative estimate of drug-likeness (QED) is 0.801. The van der Waals surface area contributed by atoms with Crippen molar-refractivity contribution in [1.29, 1.82) is 0 Å². The Hall–Kier alpha value is -0.910. The van der Waals surface area contributed by atoms with E-state index in [0.717, 1.165) is 18.6 Å². The number of carbonyl (C=O) groups excluding carboxylic acids is 1. The van der Waals surface area contributed by atoms with Gasteiger partial charge in [0.25, 0.3) is 0 Å². The van der Waals surface area contributed by atoms with Crippen LogP contribution in [-0.4, -0.2) is 52.1 Å². The van der Waals surface area contributed by atoms with Gasteiger partial charge in [-0.05, 0) is 12.8 Å². The van der Waals surface area contributed by atoms with Crippen LogP contribution in [0.1, 0.15) is 33.1 Å². The second kappa shape index (κ2) is 7.51. The lowest BCUT2D eigenvalue weighted by Crippen LogP contribution is -2.51. The van der Waals surface area contributed by atoms with Gasteiger partial charge in [0.1, 0.15) is 6.04 Å². The first-order valence-electron chi connectivity index (χ1n) is 6.48. The molecule has 0 radical (unpaired) electrons. The molecule has 1 aliphatic rings. The highest BCUT2D eigenvalue weighted by Crippen LogP contribution is 2.21. The van der Waals surface area contributed by atoms with Crippen LogP contribution in [0.3, 0.4) is 0 Å². The van der Waals surface area contributed by atoms with Gasteiger partial charge < -0.3 is 15.3 Å². The average molecular weight is 274 g/mol. The molecule has 6 heteroatoms. The fourth-order valence-electron chi connectivity index (χ4n) is 1.94. The van der Waals surface area contributed by atoms with Crippen LogP contribution in [0.5, 0.6) is 0 Å². The maximum atomic E-state index is 12.0. The van der Waals surface area contributed by atoms with Gasteiger partial charge in [-0.15, -0.1) is 0 Å². The van der Waals surface area contributed by atoms with Gasteiger partial charge in [-0.3, -0.25) is 0 Å². The van der Waals surface area contributed by atoms with E-state index < -0.39 is 12.0 Å². The number of hydrogen-bond acceptors (Lipinski definition) is 3. The number of aliphatic carboxylic acids is 1. The van der Waals surface area contributed by atoms with Crippen molar-refractivity contribution >= 4 is 23.8 Å². The van der Waals surface area contributed by atoms with Crippen molar-refractivity contribution in [1.82, 2.24) is 10.2 Å². The standard InChI is InChI=1S/C12H22N2O3S/c1-3-5-10(11(15)16)13-12(17)14-6-7-18-9(4-2)8-14/h9-10H,3-8H2,1-2H3,(H,13,17)(H,15,16)/t9?,10-/m1/s1. The van der Waals surface area contributed by atoms with Crippen molar-refractivity contribution in [2.45, 2.75) is 44.4 Å². The molecule has 2 amide bonds. The lowest BCUT2D eigenvalue weighted by molar-refractivity contribution is -0.139. The molecular formula is C12H22N2O3S. The number of rotatable bonds is 5. The maximum absolute atomic E-state index is 12.0. The number of hydrogen-bond donors (Lipinski definition) is 2. The monoisotopic (exact) mass is 274 g/mol. The van der Waals surface area contributed by atoms with Crippen molar-refractivity contribution in [3.63, 3.8) is 0 Å². The highest BCUT2D eigenvalue weighted by atomic mass is 32.2. The third-order valence-corrected chi connectivity index (χ3v) is 4.43. The minimum Gasteiger partial charge on any atom is -0.480 e. The summed E-state index contributed by atoms with van der Waals surface area (Å²) >= 11 is 1.88. The van der Waals surface area contributed by atoms with E-state index in [9.17, 15) is 9.59 Å². The van der Waals surface area contributed by atoms with Gasteiger partial charge in [0.15, 0.2) is 0 Å². The largest absolute Gasteiger partial charge is 0.480 e. The molecule has 5 nitrogen and oxygen atoms in total. The number of thioether (sulfide) groups is 1. The molecule has 0 spiro atoms. The lowest BCUT2D eigenvalue weighted by Gasteiger charge is -2.32. The molecule has 1 fully saturated rings. The summed E-state index contributed by atoms with van der Waals surface area (Å²) in [6, 6.07) is -1.01. The minimum atomic E-state index is -0.955. The van der Waals surface area contributed by atoms with Crippen LogP contribution in [0, 0.1) is 0 Å². The number of urea groups is 1. The van der Waals surface area contributed by atoms with Crippen molar-refractivity contribution in [3.8, 4) is 0 Å². The number of nitrogens with zero attached hydrogens (tertiary/aromatic N) is 1. The molecule has 0 bridgehead atoms. The first-order valence-corrected chi connectivity index (χ1v) is 7.53.